The van der Waals surface area contributed by atoms with E-state index in [0.29, 0.717) is 5.02 Å². The third-order valence-corrected chi connectivity index (χ3v) is 2.25. The van der Waals surface area contributed by atoms with Crippen LogP contribution in [0.5, 0.6) is 0 Å². The summed E-state index contributed by atoms with van der Waals surface area (Å²) in [6, 6.07) is 5.41. The van der Waals surface area contributed by atoms with E-state index in [1.165, 1.54) is 0 Å². The number of aliphatic hydroxyl groups excluding tert-OH is 1. The maximum Gasteiger partial charge on any atom is 0.0776 e. The van der Waals surface area contributed by atoms with Crippen LogP contribution >= 0.6 is 27.5 Å². The molecule has 0 aliphatic heterocycles. The van der Waals surface area contributed by atoms with Gasteiger partial charge >= 0.3 is 0 Å². The molecule has 1 N–H and O–H groups in total. The molecule has 1 atom stereocenters. The van der Waals surface area contributed by atoms with Crippen LogP contribution < -0.4 is 0 Å². The predicted molar refractivity (Wildman–Crippen MR) is 49.8 cm³/mol. The van der Waals surface area contributed by atoms with Crippen molar-refractivity contribution in [1.82, 2.24) is 0 Å². The predicted octanol–water partition coefficient (Wildman–Crippen LogP) is 3.16. The molecule has 0 saturated carbocycles. The number of halogens is 2. The van der Waals surface area contributed by atoms with Crippen LogP contribution in [-0.2, 0) is 0 Å². The van der Waals surface area contributed by atoms with Crippen molar-refractivity contribution in [3.63, 3.8) is 0 Å². The lowest BCUT2D eigenvalue weighted by molar-refractivity contribution is 0.199. The maximum absolute atomic E-state index is 9.22. The van der Waals surface area contributed by atoms with Gasteiger partial charge < -0.3 is 5.11 Å². The Hall–Kier alpha value is -0.0500. The van der Waals surface area contributed by atoms with Gasteiger partial charge in [0.05, 0.1) is 6.10 Å². The van der Waals surface area contributed by atoms with E-state index in [0.717, 1.165) is 10.0 Å². The summed E-state index contributed by atoms with van der Waals surface area (Å²) < 4.78 is 0.929. The molecule has 3 heteroatoms. The van der Waals surface area contributed by atoms with Crippen molar-refractivity contribution in [2.24, 2.45) is 0 Å². The molecule has 60 valence electrons. The minimum atomic E-state index is -0.514. The van der Waals surface area contributed by atoms with Crippen LogP contribution in [0.3, 0.4) is 0 Å². The second kappa shape index (κ2) is 3.57. The van der Waals surface area contributed by atoms with Gasteiger partial charge in [-0.05, 0) is 30.7 Å². The van der Waals surface area contributed by atoms with Crippen molar-refractivity contribution < 1.29 is 5.11 Å². The van der Waals surface area contributed by atoms with Crippen LogP contribution in [0.15, 0.2) is 22.7 Å². The van der Waals surface area contributed by atoms with Gasteiger partial charge in [-0.2, -0.15) is 0 Å². The van der Waals surface area contributed by atoms with Gasteiger partial charge in [-0.25, -0.2) is 0 Å². The minimum absolute atomic E-state index is 0.514. The van der Waals surface area contributed by atoms with Gasteiger partial charge in [0, 0.05) is 9.50 Å². The monoisotopic (exact) mass is 234 g/mol. The van der Waals surface area contributed by atoms with Crippen molar-refractivity contribution >= 4 is 27.5 Å². The van der Waals surface area contributed by atoms with Gasteiger partial charge in [0.15, 0.2) is 0 Å². The largest absolute Gasteiger partial charge is 0.389 e. The van der Waals surface area contributed by atoms with Crippen LogP contribution in [0.2, 0.25) is 5.02 Å². The van der Waals surface area contributed by atoms with Crippen molar-refractivity contribution in [3.05, 3.63) is 33.3 Å². The van der Waals surface area contributed by atoms with E-state index in [-0.39, 0.29) is 0 Å². The van der Waals surface area contributed by atoms with Gasteiger partial charge in [-0.15, -0.1) is 0 Å². The molecule has 0 aromatic heterocycles. The molecule has 0 saturated heterocycles. The van der Waals surface area contributed by atoms with Crippen LogP contribution in [0, 0.1) is 0 Å². The van der Waals surface area contributed by atoms with Crippen LogP contribution in [0.25, 0.3) is 0 Å². The fourth-order valence-electron chi connectivity index (χ4n) is 0.835. The Labute approximate surface area is 79.1 Å². The molecule has 0 aliphatic rings. The Morgan fingerprint density at radius 3 is 2.64 bits per heavy atom. The Kier molecular flexibility index (Phi) is 2.93. The molecule has 1 aromatic carbocycles. The first kappa shape index (κ1) is 9.04. The highest BCUT2D eigenvalue weighted by Gasteiger charge is 2.05. The topological polar surface area (TPSA) is 20.2 Å². The molecule has 0 bridgehead atoms. The molecule has 0 fully saturated rings. The highest BCUT2D eigenvalue weighted by Crippen LogP contribution is 2.25. The zero-order chi connectivity index (χ0) is 8.43. The van der Waals surface area contributed by atoms with E-state index in [9.17, 15) is 5.11 Å². The van der Waals surface area contributed by atoms with Gasteiger partial charge in [0.2, 0.25) is 0 Å². The lowest BCUT2D eigenvalue weighted by Crippen LogP contribution is -1.91. The fourth-order valence-corrected chi connectivity index (χ4v) is 1.49. The summed E-state index contributed by atoms with van der Waals surface area (Å²) in [5, 5.41) is 9.82. The lowest BCUT2D eigenvalue weighted by atomic mass is 10.1. The molecular formula is C8H8BrClO. The van der Waals surface area contributed by atoms with Crippen LogP contribution in [0.1, 0.15) is 18.6 Å². The summed E-state index contributed by atoms with van der Waals surface area (Å²) in [5.41, 5.74) is 0.751. The normalized spacial score (nSPS) is 13.1. The average molecular weight is 236 g/mol. The summed E-state index contributed by atoms with van der Waals surface area (Å²) in [4.78, 5) is 0. The molecule has 1 nitrogen and oxygen atoms in total. The molecule has 0 heterocycles. The Balaban J connectivity index is 3.13. The Bertz CT molecular complexity index is 260. The first-order valence-electron chi connectivity index (χ1n) is 3.24. The van der Waals surface area contributed by atoms with Crippen LogP contribution in [0.4, 0.5) is 0 Å². The molecule has 11 heavy (non-hydrogen) atoms. The third-order valence-electron chi connectivity index (χ3n) is 1.41. The molecule has 0 spiro atoms. The minimum Gasteiger partial charge on any atom is -0.389 e. The molecule has 1 aromatic rings. The van der Waals surface area contributed by atoms with E-state index in [1.54, 1.807) is 13.0 Å². The first-order valence-corrected chi connectivity index (χ1v) is 4.41. The van der Waals surface area contributed by atoms with Gasteiger partial charge in [0.1, 0.15) is 0 Å². The van der Waals surface area contributed by atoms with Crippen molar-refractivity contribution in [2.45, 2.75) is 13.0 Å². The zero-order valence-corrected chi connectivity index (χ0v) is 8.35. The summed E-state index contributed by atoms with van der Waals surface area (Å²) in [5.74, 6) is 0. The van der Waals surface area contributed by atoms with Gasteiger partial charge in [0.25, 0.3) is 0 Å². The van der Waals surface area contributed by atoms with Gasteiger partial charge in [-0.3, -0.25) is 0 Å². The Morgan fingerprint density at radius 2 is 2.18 bits per heavy atom. The summed E-state index contributed by atoms with van der Waals surface area (Å²) >= 11 is 9.11. The zero-order valence-electron chi connectivity index (χ0n) is 6.01. The van der Waals surface area contributed by atoms with E-state index < -0.39 is 6.10 Å². The van der Waals surface area contributed by atoms with E-state index in [2.05, 4.69) is 15.9 Å². The number of benzene rings is 1. The summed E-state index contributed by atoms with van der Waals surface area (Å²) in [6.07, 6.45) is -0.514. The van der Waals surface area contributed by atoms with Gasteiger partial charge in [-0.1, -0.05) is 27.5 Å². The molecule has 0 unspecified atom stereocenters. The SMILES string of the molecule is C[C@H](O)c1cc(Br)ccc1Cl. The second-order valence-electron chi connectivity index (χ2n) is 2.34. The molecule has 1 rings (SSSR count). The number of hydrogen-bond donors (Lipinski definition) is 1. The average Bonchev–Trinajstić information content (AvgIpc) is 1.94. The lowest BCUT2D eigenvalue weighted by Gasteiger charge is -2.06. The third kappa shape index (κ3) is 2.19. The fraction of sp³-hybridized carbons (Fsp3) is 0.250. The first-order chi connectivity index (χ1) is 5.11. The van der Waals surface area contributed by atoms with Crippen molar-refractivity contribution in [2.75, 3.05) is 0 Å². The number of aliphatic hydroxyl groups is 1. The second-order valence-corrected chi connectivity index (χ2v) is 3.66. The summed E-state index contributed by atoms with van der Waals surface area (Å²) in [7, 11) is 0. The maximum atomic E-state index is 9.22. The highest BCUT2D eigenvalue weighted by atomic mass is 79.9. The molecular weight excluding hydrogens is 227 g/mol. The summed E-state index contributed by atoms with van der Waals surface area (Å²) in [6.45, 7) is 1.69. The molecule has 0 amide bonds. The number of hydrogen-bond acceptors (Lipinski definition) is 1. The molecule has 0 radical (unpaired) electrons. The highest BCUT2D eigenvalue weighted by molar-refractivity contribution is 9.10. The van der Waals surface area contributed by atoms with Crippen LogP contribution in [-0.4, -0.2) is 5.11 Å². The van der Waals surface area contributed by atoms with E-state index >= 15 is 0 Å². The van der Waals surface area contributed by atoms with E-state index in [1.807, 2.05) is 12.1 Å². The van der Waals surface area contributed by atoms with Crippen molar-refractivity contribution in [1.29, 1.82) is 0 Å². The molecule has 0 aliphatic carbocycles. The standard InChI is InChI=1S/C8H8BrClO/c1-5(11)7-4-6(9)2-3-8(7)10/h2-5,11H,1H3/t5-/m0/s1. The quantitative estimate of drug-likeness (QED) is 0.793. The Morgan fingerprint density at radius 1 is 1.55 bits per heavy atom. The van der Waals surface area contributed by atoms with E-state index in [4.69, 9.17) is 11.6 Å². The van der Waals surface area contributed by atoms with Crippen molar-refractivity contribution in [3.8, 4) is 0 Å². The number of rotatable bonds is 1. The smallest absolute Gasteiger partial charge is 0.0776 e.